The van der Waals surface area contributed by atoms with E-state index in [4.69, 9.17) is 4.74 Å². The number of ether oxygens (including phenoxy) is 1. The average Bonchev–Trinajstić information content (AvgIpc) is 3.09. The highest BCUT2D eigenvalue weighted by Crippen LogP contribution is 2.47. The Labute approximate surface area is 181 Å². The van der Waals surface area contributed by atoms with Crippen molar-refractivity contribution >= 4 is 11.7 Å². The van der Waals surface area contributed by atoms with Gasteiger partial charge in [-0.3, -0.25) is 0 Å². The van der Waals surface area contributed by atoms with Crippen LogP contribution in [0.3, 0.4) is 0 Å². The summed E-state index contributed by atoms with van der Waals surface area (Å²) < 4.78 is 6.24. The van der Waals surface area contributed by atoms with E-state index in [2.05, 4.69) is 69.5 Å². The molecule has 1 atom stereocenters. The van der Waals surface area contributed by atoms with Crippen molar-refractivity contribution in [2.45, 2.75) is 79.2 Å². The van der Waals surface area contributed by atoms with E-state index >= 15 is 0 Å². The molecule has 3 rings (SSSR count). The number of amides is 2. The number of nitrogens with one attached hydrogen (secondary N) is 2. The third kappa shape index (κ3) is 4.33. The molecule has 0 aromatic heterocycles. The molecule has 0 saturated carbocycles. The monoisotopic (exact) mass is 408 g/mol. The molecule has 4 nitrogen and oxygen atoms in total. The van der Waals surface area contributed by atoms with Crippen molar-refractivity contribution < 1.29 is 9.53 Å². The maximum Gasteiger partial charge on any atom is 0.319 e. The third-order valence-electron chi connectivity index (χ3n) is 5.95. The molecule has 1 heterocycles. The summed E-state index contributed by atoms with van der Waals surface area (Å²) in [4.78, 5) is 12.6. The number of carbonyl (C=O) groups is 1. The minimum absolute atomic E-state index is 0.174. The minimum Gasteiger partial charge on any atom is -0.492 e. The normalized spacial score (nSPS) is 15.7. The quantitative estimate of drug-likeness (QED) is 0.612. The number of hydrogen-bond acceptors (Lipinski definition) is 2. The standard InChI is InChI=1S/C26H36N2O2/c1-9-20-16(4)23(27-25(29)28-26(6,7)8)17(5)22-21(14-30-24(20)22)19-12-10-18(11-13-19)15(2)3/h10-13,15,21H,9,14H2,1-8H3,(H2,27,28,29). The molecule has 0 radical (unpaired) electrons. The number of fused-ring (bicyclic) bond motifs is 1. The molecular weight excluding hydrogens is 372 g/mol. The van der Waals surface area contributed by atoms with Crippen LogP contribution in [0.1, 0.15) is 86.8 Å². The first-order valence-corrected chi connectivity index (χ1v) is 11.0. The first-order valence-electron chi connectivity index (χ1n) is 11.0. The summed E-state index contributed by atoms with van der Waals surface area (Å²) in [5, 5.41) is 6.14. The van der Waals surface area contributed by atoms with Gasteiger partial charge in [-0.05, 0) is 74.8 Å². The SMILES string of the molecule is CCc1c(C)c(NC(=O)NC(C)(C)C)c(C)c2c1OCC2c1ccc(C(C)C)cc1. The van der Waals surface area contributed by atoms with E-state index in [0.29, 0.717) is 12.5 Å². The summed E-state index contributed by atoms with van der Waals surface area (Å²) >= 11 is 0. The predicted octanol–water partition coefficient (Wildman–Crippen LogP) is 6.43. The number of anilines is 1. The van der Waals surface area contributed by atoms with Crippen LogP contribution in [-0.4, -0.2) is 18.2 Å². The molecular formula is C26H36N2O2. The van der Waals surface area contributed by atoms with E-state index in [0.717, 1.165) is 29.0 Å². The first kappa shape index (κ1) is 22.2. The van der Waals surface area contributed by atoms with Crippen LogP contribution in [0.4, 0.5) is 10.5 Å². The summed E-state index contributed by atoms with van der Waals surface area (Å²) in [6.45, 7) is 17.3. The molecule has 2 amide bonds. The summed E-state index contributed by atoms with van der Waals surface area (Å²) in [6, 6.07) is 8.72. The molecule has 1 aliphatic heterocycles. The Hall–Kier alpha value is -2.49. The molecule has 2 aromatic carbocycles. The number of hydrogen-bond donors (Lipinski definition) is 2. The van der Waals surface area contributed by atoms with Gasteiger partial charge in [0.05, 0.1) is 6.61 Å². The summed E-state index contributed by atoms with van der Waals surface area (Å²) in [5.74, 6) is 1.70. The molecule has 2 aromatic rings. The van der Waals surface area contributed by atoms with Crippen LogP contribution >= 0.6 is 0 Å². The Morgan fingerprint density at radius 2 is 1.77 bits per heavy atom. The molecule has 1 aliphatic rings. The highest BCUT2D eigenvalue weighted by molar-refractivity contribution is 5.92. The number of carbonyl (C=O) groups excluding carboxylic acids is 1. The highest BCUT2D eigenvalue weighted by atomic mass is 16.5. The van der Waals surface area contributed by atoms with Gasteiger partial charge in [0.15, 0.2) is 0 Å². The molecule has 162 valence electrons. The van der Waals surface area contributed by atoms with Crippen molar-refractivity contribution in [1.29, 1.82) is 0 Å². The third-order valence-corrected chi connectivity index (χ3v) is 5.95. The van der Waals surface area contributed by atoms with Crippen molar-refractivity contribution in [3.05, 3.63) is 57.6 Å². The van der Waals surface area contributed by atoms with Gasteiger partial charge >= 0.3 is 6.03 Å². The van der Waals surface area contributed by atoms with E-state index in [-0.39, 0.29) is 17.5 Å². The van der Waals surface area contributed by atoms with Gasteiger partial charge < -0.3 is 15.4 Å². The Morgan fingerprint density at radius 3 is 2.30 bits per heavy atom. The summed E-state index contributed by atoms with van der Waals surface area (Å²) in [5.41, 5.74) is 7.80. The minimum atomic E-state index is -0.292. The average molecular weight is 409 g/mol. The van der Waals surface area contributed by atoms with E-state index in [1.807, 2.05) is 20.8 Å². The fraction of sp³-hybridized carbons (Fsp3) is 0.500. The predicted molar refractivity (Wildman–Crippen MR) is 125 cm³/mol. The van der Waals surface area contributed by atoms with Gasteiger partial charge in [0.1, 0.15) is 5.75 Å². The summed E-state index contributed by atoms with van der Waals surface area (Å²) in [6.07, 6.45) is 0.864. The van der Waals surface area contributed by atoms with Crippen LogP contribution in [0.2, 0.25) is 0 Å². The lowest BCUT2D eigenvalue weighted by Crippen LogP contribution is -2.43. The van der Waals surface area contributed by atoms with Crippen molar-refractivity contribution in [2.75, 3.05) is 11.9 Å². The van der Waals surface area contributed by atoms with Gasteiger partial charge in [0.25, 0.3) is 0 Å². The van der Waals surface area contributed by atoms with E-state index in [1.54, 1.807) is 0 Å². The maximum atomic E-state index is 12.6. The van der Waals surface area contributed by atoms with Gasteiger partial charge in [-0.25, -0.2) is 4.79 Å². The molecule has 0 fully saturated rings. The van der Waals surface area contributed by atoms with E-state index in [9.17, 15) is 4.79 Å². The molecule has 0 bridgehead atoms. The molecule has 30 heavy (non-hydrogen) atoms. The smallest absolute Gasteiger partial charge is 0.319 e. The maximum absolute atomic E-state index is 12.6. The van der Waals surface area contributed by atoms with Gasteiger partial charge in [-0.2, -0.15) is 0 Å². The van der Waals surface area contributed by atoms with Gasteiger partial charge in [0.2, 0.25) is 0 Å². The number of urea groups is 1. The Kier molecular flexibility index (Phi) is 6.16. The number of rotatable bonds is 4. The van der Waals surface area contributed by atoms with Crippen molar-refractivity contribution in [2.24, 2.45) is 0 Å². The lowest BCUT2D eigenvalue weighted by molar-refractivity contribution is 0.243. The Balaban J connectivity index is 2.04. The van der Waals surface area contributed by atoms with Crippen LogP contribution < -0.4 is 15.4 Å². The van der Waals surface area contributed by atoms with Crippen LogP contribution in [0.15, 0.2) is 24.3 Å². The molecule has 2 N–H and O–H groups in total. The molecule has 0 spiro atoms. The largest absolute Gasteiger partial charge is 0.492 e. The van der Waals surface area contributed by atoms with Crippen molar-refractivity contribution in [1.82, 2.24) is 5.32 Å². The second-order valence-corrected chi connectivity index (χ2v) is 9.71. The topological polar surface area (TPSA) is 50.4 Å². The lowest BCUT2D eigenvalue weighted by Gasteiger charge is -2.24. The molecule has 1 unspecified atom stereocenters. The van der Waals surface area contributed by atoms with E-state index in [1.165, 1.54) is 22.3 Å². The van der Waals surface area contributed by atoms with Crippen molar-refractivity contribution in [3.63, 3.8) is 0 Å². The van der Waals surface area contributed by atoms with Crippen LogP contribution in [0.5, 0.6) is 5.75 Å². The highest BCUT2D eigenvalue weighted by Gasteiger charge is 2.33. The zero-order chi connectivity index (χ0) is 22.2. The molecule has 0 saturated heterocycles. The second-order valence-electron chi connectivity index (χ2n) is 9.71. The van der Waals surface area contributed by atoms with Gasteiger partial charge in [-0.1, -0.05) is 45.0 Å². The first-order chi connectivity index (χ1) is 14.0. The molecule has 0 aliphatic carbocycles. The van der Waals surface area contributed by atoms with Gasteiger partial charge in [-0.15, -0.1) is 0 Å². The Bertz CT molecular complexity index is 937. The van der Waals surface area contributed by atoms with E-state index < -0.39 is 0 Å². The zero-order valence-corrected chi connectivity index (χ0v) is 19.7. The number of benzene rings is 2. The second kappa shape index (κ2) is 8.33. The zero-order valence-electron chi connectivity index (χ0n) is 19.7. The van der Waals surface area contributed by atoms with Crippen LogP contribution in [0, 0.1) is 13.8 Å². The summed E-state index contributed by atoms with van der Waals surface area (Å²) in [7, 11) is 0. The van der Waals surface area contributed by atoms with Crippen LogP contribution in [0.25, 0.3) is 0 Å². The lowest BCUT2D eigenvalue weighted by atomic mass is 9.85. The molecule has 4 heteroatoms. The van der Waals surface area contributed by atoms with Crippen molar-refractivity contribution in [3.8, 4) is 5.75 Å². The fourth-order valence-corrected chi connectivity index (χ4v) is 4.38. The van der Waals surface area contributed by atoms with Crippen LogP contribution in [-0.2, 0) is 6.42 Å². The Morgan fingerprint density at radius 1 is 1.13 bits per heavy atom. The fourth-order valence-electron chi connectivity index (χ4n) is 4.38. The van der Waals surface area contributed by atoms with Gasteiger partial charge in [0, 0.05) is 22.7 Å².